The van der Waals surface area contributed by atoms with Crippen molar-refractivity contribution in [2.24, 2.45) is 0 Å². The molecule has 0 fully saturated rings. The normalized spacial score (nSPS) is 13.3. The number of nitrogens with zero attached hydrogens (tertiary/aromatic N) is 1. The van der Waals surface area contributed by atoms with Crippen molar-refractivity contribution in [2.45, 2.75) is 19.3 Å². The topological polar surface area (TPSA) is 16.4 Å². The molecule has 214 valence electrons. The Kier molecular flexibility index (Phi) is 5.58. The lowest BCUT2D eigenvalue weighted by molar-refractivity contribution is 0.660. The van der Waals surface area contributed by atoms with Gasteiger partial charge in [0.25, 0.3) is 0 Å². The van der Waals surface area contributed by atoms with E-state index in [2.05, 4.69) is 170 Å². The average molecular weight is 578 g/mol. The van der Waals surface area contributed by atoms with E-state index in [9.17, 15) is 0 Å². The Balaban J connectivity index is 1.34. The van der Waals surface area contributed by atoms with Gasteiger partial charge in [-0.05, 0) is 81.1 Å². The zero-order valence-electron chi connectivity index (χ0n) is 25.3. The first kappa shape index (κ1) is 25.9. The Morgan fingerprint density at radius 2 is 1.13 bits per heavy atom. The second-order valence-corrected chi connectivity index (χ2v) is 12.5. The van der Waals surface area contributed by atoms with Gasteiger partial charge in [-0.15, -0.1) is 0 Å². The second kappa shape index (κ2) is 9.70. The van der Waals surface area contributed by atoms with Crippen LogP contribution in [0.3, 0.4) is 0 Å². The molecule has 0 spiro atoms. The lowest BCUT2D eigenvalue weighted by Gasteiger charge is -2.25. The molecule has 0 bridgehead atoms. The third kappa shape index (κ3) is 3.82. The number of hydrogen-bond donors (Lipinski definition) is 0. The van der Waals surface area contributed by atoms with Gasteiger partial charge in [0.1, 0.15) is 5.58 Å². The van der Waals surface area contributed by atoms with Crippen LogP contribution in [0, 0.1) is 0 Å². The van der Waals surface area contributed by atoms with E-state index in [4.69, 9.17) is 4.42 Å². The molecule has 9 rings (SSSR count). The molecular weight excluding hydrogens is 546 g/mol. The fourth-order valence-electron chi connectivity index (χ4n) is 7.48. The van der Waals surface area contributed by atoms with Crippen molar-refractivity contribution >= 4 is 49.8 Å². The van der Waals surface area contributed by atoms with Crippen molar-refractivity contribution in [3.05, 3.63) is 163 Å². The second-order valence-electron chi connectivity index (χ2n) is 12.5. The molecule has 0 N–H and O–H groups in total. The third-order valence-corrected chi connectivity index (χ3v) is 9.63. The quantitative estimate of drug-likeness (QED) is 0.207. The molecule has 0 atom stereocenters. The standard InChI is InChI=1S/C43H31NO/c1-43(2)37-22-12-11-20-33(37)34-25-24-29(27-38(34)43)40-32-19-10-9-14-28(32)26-36-35-21-13-23-39(41(35)45-42(36)40)44(30-15-5-3-6-16-30)31-17-7-4-8-18-31/h3-27H,1-2H3. The van der Waals surface area contributed by atoms with Gasteiger partial charge in [-0.2, -0.15) is 0 Å². The number of furan rings is 1. The van der Waals surface area contributed by atoms with Gasteiger partial charge in [-0.25, -0.2) is 0 Å². The summed E-state index contributed by atoms with van der Waals surface area (Å²) in [5.41, 5.74) is 12.6. The van der Waals surface area contributed by atoms with E-state index in [0.717, 1.165) is 44.6 Å². The van der Waals surface area contributed by atoms with Crippen molar-refractivity contribution in [1.82, 2.24) is 0 Å². The average Bonchev–Trinajstić information content (AvgIpc) is 3.57. The van der Waals surface area contributed by atoms with E-state index in [-0.39, 0.29) is 5.41 Å². The number of benzene rings is 7. The maximum Gasteiger partial charge on any atom is 0.159 e. The molecule has 1 aromatic heterocycles. The van der Waals surface area contributed by atoms with Crippen LogP contribution >= 0.6 is 0 Å². The number of para-hydroxylation sites is 3. The first-order chi connectivity index (χ1) is 22.1. The van der Waals surface area contributed by atoms with Crippen molar-refractivity contribution in [2.75, 3.05) is 4.90 Å². The summed E-state index contributed by atoms with van der Waals surface area (Å²) in [5.74, 6) is 0. The zero-order valence-corrected chi connectivity index (χ0v) is 25.3. The lowest BCUT2D eigenvalue weighted by atomic mass is 9.81. The number of rotatable bonds is 4. The summed E-state index contributed by atoms with van der Waals surface area (Å²) in [7, 11) is 0. The maximum absolute atomic E-state index is 7.09. The largest absolute Gasteiger partial charge is 0.453 e. The van der Waals surface area contributed by atoms with Crippen molar-refractivity contribution in [1.29, 1.82) is 0 Å². The number of fused-ring (bicyclic) bond motifs is 7. The van der Waals surface area contributed by atoms with E-state index >= 15 is 0 Å². The molecule has 2 nitrogen and oxygen atoms in total. The minimum atomic E-state index is -0.0848. The first-order valence-electron chi connectivity index (χ1n) is 15.6. The zero-order chi connectivity index (χ0) is 30.1. The van der Waals surface area contributed by atoms with Crippen LogP contribution in [-0.2, 0) is 5.41 Å². The molecule has 45 heavy (non-hydrogen) atoms. The predicted molar refractivity (Wildman–Crippen MR) is 189 cm³/mol. The minimum absolute atomic E-state index is 0.0848. The van der Waals surface area contributed by atoms with Gasteiger partial charge in [0.15, 0.2) is 5.58 Å². The fraction of sp³-hybridized carbons (Fsp3) is 0.0698. The molecule has 8 aromatic rings. The summed E-state index contributed by atoms with van der Waals surface area (Å²) in [6.07, 6.45) is 0. The summed E-state index contributed by atoms with van der Waals surface area (Å²) in [5, 5.41) is 4.64. The summed E-state index contributed by atoms with van der Waals surface area (Å²) in [4.78, 5) is 2.29. The molecule has 0 saturated carbocycles. The highest BCUT2D eigenvalue weighted by atomic mass is 16.3. The lowest BCUT2D eigenvalue weighted by Crippen LogP contribution is -2.14. The SMILES string of the molecule is CC1(C)c2ccccc2-c2ccc(-c3c4ccccc4cc4c3oc3c(N(c5ccccc5)c5ccccc5)cccc34)cc21. The fourth-order valence-corrected chi connectivity index (χ4v) is 7.48. The molecule has 0 unspecified atom stereocenters. The van der Waals surface area contributed by atoms with Gasteiger partial charge < -0.3 is 9.32 Å². The van der Waals surface area contributed by atoms with Crippen molar-refractivity contribution in [3.8, 4) is 22.3 Å². The van der Waals surface area contributed by atoms with Crippen LogP contribution in [0.2, 0.25) is 0 Å². The van der Waals surface area contributed by atoms with E-state index in [1.807, 2.05) is 0 Å². The molecule has 0 radical (unpaired) electrons. The molecule has 0 amide bonds. The Morgan fingerprint density at radius 3 is 1.91 bits per heavy atom. The molecular formula is C43H31NO. The van der Waals surface area contributed by atoms with Gasteiger partial charge in [-0.3, -0.25) is 0 Å². The van der Waals surface area contributed by atoms with Gasteiger partial charge in [0.05, 0.1) is 5.69 Å². The van der Waals surface area contributed by atoms with Gasteiger partial charge in [0, 0.05) is 33.1 Å². The van der Waals surface area contributed by atoms with Gasteiger partial charge in [-0.1, -0.05) is 123 Å². The van der Waals surface area contributed by atoms with Crippen LogP contribution in [0.1, 0.15) is 25.0 Å². The Bertz CT molecular complexity index is 2360. The minimum Gasteiger partial charge on any atom is -0.453 e. The Hall–Kier alpha value is -5.60. The van der Waals surface area contributed by atoms with Crippen LogP contribution in [0.25, 0.3) is 55.0 Å². The van der Waals surface area contributed by atoms with Gasteiger partial charge in [0.2, 0.25) is 0 Å². The highest BCUT2D eigenvalue weighted by molar-refractivity contribution is 6.20. The molecule has 1 heterocycles. The van der Waals surface area contributed by atoms with Crippen LogP contribution in [0.15, 0.2) is 156 Å². The Labute approximate surface area is 262 Å². The maximum atomic E-state index is 7.09. The van der Waals surface area contributed by atoms with Crippen molar-refractivity contribution < 1.29 is 4.42 Å². The predicted octanol–water partition coefficient (Wildman–Crippen LogP) is 12.2. The van der Waals surface area contributed by atoms with Crippen LogP contribution in [0.5, 0.6) is 0 Å². The number of anilines is 3. The Morgan fingerprint density at radius 1 is 0.489 bits per heavy atom. The number of hydrogen-bond acceptors (Lipinski definition) is 2. The molecule has 1 aliphatic rings. The summed E-state index contributed by atoms with van der Waals surface area (Å²) < 4.78 is 7.09. The molecule has 1 aliphatic carbocycles. The summed E-state index contributed by atoms with van der Waals surface area (Å²) >= 11 is 0. The molecule has 2 heteroatoms. The van der Waals surface area contributed by atoms with E-state index in [1.54, 1.807) is 0 Å². The van der Waals surface area contributed by atoms with Crippen LogP contribution < -0.4 is 4.90 Å². The molecule has 7 aromatic carbocycles. The summed E-state index contributed by atoms with van der Waals surface area (Å²) in [6.45, 7) is 4.69. The van der Waals surface area contributed by atoms with E-state index < -0.39 is 0 Å². The van der Waals surface area contributed by atoms with Crippen molar-refractivity contribution in [3.63, 3.8) is 0 Å². The van der Waals surface area contributed by atoms with Crippen LogP contribution in [-0.4, -0.2) is 0 Å². The summed E-state index contributed by atoms with van der Waals surface area (Å²) in [6, 6.07) is 54.4. The van der Waals surface area contributed by atoms with Crippen LogP contribution in [0.4, 0.5) is 17.1 Å². The monoisotopic (exact) mass is 577 g/mol. The van der Waals surface area contributed by atoms with Gasteiger partial charge >= 0.3 is 0 Å². The highest BCUT2D eigenvalue weighted by Crippen LogP contribution is 2.51. The third-order valence-electron chi connectivity index (χ3n) is 9.63. The smallest absolute Gasteiger partial charge is 0.159 e. The van der Waals surface area contributed by atoms with E-state index in [0.29, 0.717) is 0 Å². The molecule has 0 aliphatic heterocycles. The van der Waals surface area contributed by atoms with E-state index in [1.165, 1.54) is 38.6 Å². The first-order valence-corrected chi connectivity index (χ1v) is 15.6. The molecule has 0 saturated heterocycles. The highest BCUT2D eigenvalue weighted by Gasteiger charge is 2.35.